The second-order valence-electron chi connectivity index (χ2n) is 8.47. The Morgan fingerprint density at radius 1 is 1.16 bits per heavy atom. The minimum absolute atomic E-state index is 0.0255. The van der Waals surface area contributed by atoms with E-state index in [0.717, 1.165) is 11.1 Å². The molecule has 11 heteroatoms. The molecule has 3 aromatic rings. The summed E-state index contributed by atoms with van der Waals surface area (Å²) in [5, 5.41) is 10.5. The number of nitrogens with zero attached hydrogens (tertiary/aromatic N) is 4. The molecular formula is C27H22N4O6S. The van der Waals surface area contributed by atoms with Gasteiger partial charge in [0, 0.05) is 42.1 Å². The Morgan fingerprint density at radius 3 is 2.53 bits per heavy atom. The number of esters is 1. The maximum absolute atomic E-state index is 13.4. The fourth-order valence-electron chi connectivity index (χ4n) is 4.15. The van der Waals surface area contributed by atoms with Gasteiger partial charge in [0.2, 0.25) is 0 Å². The van der Waals surface area contributed by atoms with Crippen molar-refractivity contribution in [2.45, 2.75) is 18.0 Å². The lowest BCUT2D eigenvalue weighted by molar-refractivity contribution is -0.384. The quantitative estimate of drug-likeness (QED) is 0.141. The molecule has 1 fully saturated rings. The second-order valence-corrected chi connectivity index (χ2v) is 9.57. The lowest BCUT2D eigenvalue weighted by Crippen LogP contribution is -2.64. The molecule has 2 aliphatic rings. The molecule has 0 unspecified atom stereocenters. The molecule has 3 heterocycles. The Kier molecular flexibility index (Phi) is 7.18. The SMILES string of the molecule is COc1ccc(COC(=O)C2=C(c3ccncc3)CS[C@@H]3[C@@H](/N=C/c4ccc([N+](=O)[O-])cc4)C(=O)N23)cc1. The summed E-state index contributed by atoms with van der Waals surface area (Å²) in [6.07, 6.45) is 4.79. The van der Waals surface area contributed by atoms with Crippen molar-refractivity contribution < 1.29 is 24.0 Å². The number of nitro groups is 1. The summed E-state index contributed by atoms with van der Waals surface area (Å²) in [4.78, 5) is 46.9. The molecule has 0 saturated carbocycles. The van der Waals surface area contributed by atoms with E-state index in [9.17, 15) is 19.7 Å². The minimum Gasteiger partial charge on any atom is -0.497 e. The number of rotatable bonds is 8. The van der Waals surface area contributed by atoms with Crippen molar-refractivity contribution in [3.05, 3.63) is 106 Å². The highest BCUT2D eigenvalue weighted by molar-refractivity contribution is 8.00. The van der Waals surface area contributed by atoms with Crippen LogP contribution in [0.15, 0.2) is 83.7 Å². The number of thioether (sulfide) groups is 1. The predicted octanol–water partition coefficient (Wildman–Crippen LogP) is 3.86. The largest absolute Gasteiger partial charge is 0.497 e. The van der Waals surface area contributed by atoms with Crippen LogP contribution in [0, 0.1) is 10.1 Å². The number of carbonyl (C=O) groups excluding carboxylic acids is 2. The summed E-state index contributed by atoms with van der Waals surface area (Å²) < 4.78 is 10.8. The summed E-state index contributed by atoms with van der Waals surface area (Å²) in [5.41, 5.74) is 3.08. The number of aliphatic imine (C=N–C) groups is 1. The molecule has 2 atom stereocenters. The van der Waals surface area contributed by atoms with Gasteiger partial charge in [0.1, 0.15) is 23.4 Å². The highest BCUT2D eigenvalue weighted by atomic mass is 32.2. The van der Waals surface area contributed by atoms with Crippen LogP contribution in [0.5, 0.6) is 5.75 Å². The topological polar surface area (TPSA) is 124 Å². The first-order valence-corrected chi connectivity index (χ1v) is 12.7. The molecule has 0 aliphatic carbocycles. The van der Waals surface area contributed by atoms with Crippen LogP contribution >= 0.6 is 11.8 Å². The van der Waals surface area contributed by atoms with Gasteiger partial charge in [0.05, 0.1) is 12.0 Å². The number of pyridine rings is 1. The maximum atomic E-state index is 13.4. The van der Waals surface area contributed by atoms with E-state index in [1.54, 1.807) is 55.9 Å². The smallest absolute Gasteiger partial charge is 0.355 e. The molecule has 5 rings (SSSR count). The van der Waals surface area contributed by atoms with Gasteiger partial charge in [0.15, 0.2) is 6.04 Å². The van der Waals surface area contributed by atoms with Crippen molar-refractivity contribution in [1.29, 1.82) is 0 Å². The number of methoxy groups -OCH3 is 1. The molecule has 10 nitrogen and oxygen atoms in total. The number of β-lactam (4-membered cyclic amide) rings is 1. The van der Waals surface area contributed by atoms with Crippen molar-refractivity contribution in [2.24, 2.45) is 4.99 Å². The second kappa shape index (κ2) is 10.9. The fourth-order valence-corrected chi connectivity index (χ4v) is 5.52. The van der Waals surface area contributed by atoms with Crippen LogP contribution in [-0.4, -0.2) is 57.2 Å². The summed E-state index contributed by atoms with van der Waals surface area (Å²) in [5.74, 6) is 0.267. The van der Waals surface area contributed by atoms with Crippen LogP contribution in [0.3, 0.4) is 0 Å². The molecule has 1 saturated heterocycles. The van der Waals surface area contributed by atoms with E-state index in [0.29, 0.717) is 22.6 Å². The van der Waals surface area contributed by atoms with Gasteiger partial charge in [-0.1, -0.05) is 12.1 Å². The summed E-state index contributed by atoms with van der Waals surface area (Å²) in [7, 11) is 1.58. The van der Waals surface area contributed by atoms with E-state index < -0.39 is 16.9 Å². The minimum atomic E-state index is -0.682. The van der Waals surface area contributed by atoms with Crippen molar-refractivity contribution in [2.75, 3.05) is 12.9 Å². The van der Waals surface area contributed by atoms with Gasteiger partial charge in [-0.2, -0.15) is 0 Å². The molecule has 0 spiro atoms. The number of aromatic nitrogens is 1. The lowest BCUT2D eigenvalue weighted by Gasteiger charge is -2.48. The number of hydrogen-bond acceptors (Lipinski definition) is 9. The van der Waals surface area contributed by atoms with E-state index in [1.807, 2.05) is 12.1 Å². The van der Waals surface area contributed by atoms with Gasteiger partial charge in [-0.05, 0) is 53.1 Å². The van der Waals surface area contributed by atoms with E-state index in [1.165, 1.54) is 35.0 Å². The Hall–Kier alpha value is -4.51. The Bertz CT molecular complexity index is 1420. The van der Waals surface area contributed by atoms with Crippen molar-refractivity contribution in [3.8, 4) is 5.75 Å². The molecular weight excluding hydrogens is 508 g/mol. The molecule has 2 aliphatic heterocycles. The summed E-state index contributed by atoms with van der Waals surface area (Å²) in [6.45, 7) is 0.0392. The first kappa shape index (κ1) is 25.2. The highest BCUT2D eigenvalue weighted by Gasteiger charge is 2.54. The molecule has 192 valence electrons. The van der Waals surface area contributed by atoms with Gasteiger partial charge < -0.3 is 9.47 Å². The Balaban J connectivity index is 1.37. The summed E-state index contributed by atoms with van der Waals surface area (Å²) >= 11 is 1.51. The maximum Gasteiger partial charge on any atom is 0.355 e. The number of amides is 1. The molecule has 2 aromatic carbocycles. The lowest BCUT2D eigenvalue weighted by atomic mass is 9.99. The standard InChI is InChI=1S/C27H22N4O6S/c1-36-21-8-4-18(5-9-21)15-37-27(33)24-22(19-10-12-28-13-11-19)16-38-26-23(25(32)30(24)26)29-14-17-2-6-20(7-3-17)31(34)35/h2-14,23,26H,15-16H2,1H3/b29-14+/t23-,26+/m0/s1. The molecule has 1 amide bonds. The van der Waals surface area contributed by atoms with E-state index in [-0.39, 0.29) is 29.3 Å². The van der Waals surface area contributed by atoms with Crippen LogP contribution in [0.4, 0.5) is 5.69 Å². The molecule has 0 N–H and O–H groups in total. The van der Waals surface area contributed by atoms with Crippen molar-refractivity contribution >= 4 is 41.1 Å². The highest BCUT2D eigenvalue weighted by Crippen LogP contribution is 2.44. The average Bonchev–Trinajstić information content (AvgIpc) is 2.96. The number of carbonyl (C=O) groups is 2. The zero-order valence-corrected chi connectivity index (χ0v) is 21.0. The third kappa shape index (κ3) is 5.00. The monoisotopic (exact) mass is 530 g/mol. The van der Waals surface area contributed by atoms with E-state index >= 15 is 0 Å². The molecule has 0 bridgehead atoms. The van der Waals surface area contributed by atoms with Gasteiger partial charge >= 0.3 is 5.97 Å². The van der Waals surface area contributed by atoms with Gasteiger partial charge in [-0.25, -0.2) is 4.79 Å². The van der Waals surface area contributed by atoms with Crippen LogP contribution in [0.1, 0.15) is 16.7 Å². The number of non-ortho nitro benzene ring substituents is 1. The van der Waals surface area contributed by atoms with Gasteiger partial charge in [-0.3, -0.25) is 29.8 Å². The molecule has 0 radical (unpaired) electrons. The third-order valence-electron chi connectivity index (χ3n) is 6.18. The van der Waals surface area contributed by atoms with Crippen LogP contribution in [-0.2, 0) is 20.9 Å². The van der Waals surface area contributed by atoms with Crippen LogP contribution < -0.4 is 4.74 Å². The van der Waals surface area contributed by atoms with Crippen LogP contribution in [0.25, 0.3) is 5.57 Å². The fraction of sp³-hybridized carbons (Fsp3) is 0.185. The van der Waals surface area contributed by atoms with Crippen molar-refractivity contribution in [1.82, 2.24) is 9.88 Å². The summed E-state index contributed by atoms with van der Waals surface area (Å²) in [6, 6.07) is 16.0. The first-order valence-electron chi connectivity index (χ1n) is 11.6. The zero-order chi connectivity index (χ0) is 26.6. The number of benzene rings is 2. The van der Waals surface area contributed by atoms with Gasteiger partial charge in [-0.15, -0.1) is 11.8 Å². The number of fused-ring (bicyclic) bond motifs is 1. The average molecular weight is 531 g/mol. The van der Waals surface area contributed by atoms with Crippen LogP contribution in [0.2, 0.25) is 0 Å². The first-order chi connectivity index (χ1) is 18.5. The number of hydrogen-bond donors (Lipinski definition) is 0. The third-order valence-corrected chi connectivity index (χ3v) is 7.44. The number of nitro benzene ring substituents is 1. The number of ether oxygens (including phenoxy) is 2. The Morgan fingerprint density at radius 2 is 1.87 bits per heavy atom. The molecule has 38 heavy (non-hydrogen) atoms. The van der Waals surface area contributed by atoms with Gasteiger partial charge in [0.25, 0.3) is 11.6 Å². The zero-order valence-electron chi connectivity index (χ0n) is 20.2. The Labute approximate surface area is 222 Å². The normalized spacial score (nSPS) is 18.7. The molecule has 1 aromatic heterocycles. The predicted molar refractivity (Wildman–Crippen MR) is 142 cm³/mol. The van der Waals surface area contributed by atoms with E-state index in [4.69, 9.17) is 9.47 Å². The van der Waals surface area contributed by atoms with Crippen molar-refractivity contribution in [3.63, 3.8) is 0 Å². The van der Waals surface area contributed by atoms with E-state index in [2.05, 4.69) is 9.98 Å².